The number of para-hydroxylation sites is 1. The van der Waals surface area contributed by atoms with E-state index in [2.05, 4.69) is 0 Å². The summed E-state index contributed by atoms with van der Waals surface area (Å²) >= 11 is 0. The van der Waals surface area contributed by atoms with Crippen molar-refractivity contribution >= 4 is 17.6 Å². The highest BCUT2D eigenvalue weighted by Crippen LogP contribution is 2.36. The maximum atomic E-state index is 12.6. The van der Waals surface area contributed by atoms with Gasteiger partial charge in [0.2, 0.25) is 5.78 Å². The molecule has 0 amide bonds. The third kappa shape index (κ3) is 3.36. The molecule has 4 rings (SSSR count). The first kappa shape index (κ1) is 17.1. The van der Waals surface area contributed by atoms with E-state index in [9.17, 15) is 9.59 Å². The zero-order valence-corrected chi connectivity index (χ0v) is 15.0. The smallest absolute Gasteiger partial charge is 0.231 e. The lowest BCUT2D eigenvalue weighted by Crippen LogP contribution is -2.18. The number of ether oxygens (including phenoxy) is 3. The summed E-state index contributed by atoms with van der Waals surface area (Å²) in [6.07, 6.45) is 3.53. The second kappa shape index (κ2) is 6.76. The Hall–Kier alpha value is -3.34. The van der Waals surface area contributed by atoms with Crippen molar-refractivity contribution in [2.45, 2.75) is 20.0 Å². The maximum absolute atomic E-state index is 12.6. The minimum Gasteiger partial charge on any atom is -0.486 e. The third-order valence-electron chi connectivity index (χ3n) is 4.40. The van der Waals surface area contributed by atoms with Crippen LogP contribution in [0.15, 0.2) is 59.9 Å². The Bertz CT molecular complexity index is 1000. The molecule has 0 fully saturated rings. The third-order valence-corrected chi connectivity index (χ3v) is 4.40. The van der Waals surface area contributed by atoms with Gasteiger partial charge in [0.05, 0.1) is 5.56 Å². The summed E-state index contributed by atoms with van der Waals surface area (Å²) in [7, 11) is 0. The first-order chi connectivity index (χ1) is 13.0. The Morgan fingerprint density at radius 3 is 2.81 bits per heavy atom. The van der Waals surface area contributed by atoms with Gasteiger partial charge in [-0.2, -0.15) is 0 Å². The molecule has 2 heterocycles. The summed E-state index contributed by atoms with van der Waals surface area (Å²) < 4.78 is 17.0. The molecule has 0 bridgehead atoms. The number of carbonyl (C=O) groups is 2. The number of carbonyl (C=O) groups excluding carboxylic acids is 2. The molecule has 0 spiro atoms. The van der Waals surface area contributed by atoms with E-state index in [1.165, 1.54) is 6.92 Å². The lowest BCUT2D eigenvalue weighted by atomic mass is 10.0. The Labute approximate surface area is 156 Å². The van der Waals surface area contributed by atoms with E-state index in [4.69, 9.17) is 14.2 Å². The van der Waals surface area contributed by atoms with Crippen LogP contribution in [0.5, 0.6) is 17.2 Å². The Balaban J connectivity index is 1.61. The van der Waals surface area contributed by atoms with Crippen LogP contribution >= 0.6 is 0 Å². The first-order valence-electron chi connectivity index (χ1n) is 8.69. The molecule has 0 aliphatic carbocycles. The molecular formula is C22H18O5. The summed E-state index contributed by atoms with van der Waals surface area (Å²) in [6, 6.07) is 12.7. The minimum absolute atomic E-state index is 0.0173. The Morgan fingerprint density at radius 1 is 1.19 bits per heavy atom. The second-order valence-electron chi connectivity index (χ2n) is 6.53. The summed E-state index contributed by atoms with van der Waals surface area (Å²) in [6.45, 7) is 3.36. The van der Waals surface area contributed by atoms with Gasteiger partial charge in [-0.25, -0.2) is 0 Å². The number of fused-ring (bicyclic) bond motifs is 2. The van der Waals surface area contributed by atoms with Gasteiger partial charge in [-0.05, 0) is 49.8 Å². The fourth-order valence-corrected chi connectivity index (χ4v) is 3.01. The van der Waals surface area contributed by atoms with Crippen LogP contribution in [0, 0.1) is 0 Å². The highest BCUT2D eigenvalue weighted by molar-refractivity contribution is 6.12. The standard InChI is InChI=1S/C22H18O5/c1-13(23)12-25-17-7-8-18-20(11-17)27-21(22(18)24)10-16-9-15-5-3-4-6-19(15)26-14(16)2/h3-11,14H,12H2,1-2H3. The van der Waals surface area contributed by atoms with Gasteiger partial charge in [0.25, 0.3) is 0 Å². The molecule has 1 unspecified atom stereocenters. The molecule has 5 heteroatoms. The number of allylic oxidation sites excluding steroid dienone is 1. The molecule has 136 valence electrons. The molecular weight excluding hydrogens is 344 g/mol. The van der Waals surface area contributed by atoms with E-state index in [1.807, 2.05) is 37.3 Å². The summed E-state index contributed by atoms with van der Waals surface area (Å²) in [4.78, 5) is 23.7. The van der Waals surface area contributed by atoms with Crippen molar-refractivity contribution in [2.24, 2.45) is 0 Å². The van der Waals surface area contributed by atoms with Crippen molar-refractivity contribution in [1.82, 2.24) is 0 Å². The SMILES string of the molecule is CC(=O)COc1ccc2c(c1)OC(=CC1=Cc3ccccc3OC1C)C2=O. The van der Waals surface area contributed by atoms with Gasteiger partial charge in [0.15, 0.2) is 11.5 Å². The van der Waals surface area contributed by atoms with Crippen molar-refractivity contribution in [3.63, 3.8) is 0 Å². The zero-order valence-electron chi connectivity index (χ0n) is 15.0. The Kier molecular flexibility index (Phi) is 4.28. The molecule has 1 atom stereocenters. The fraction of sp³-hybridized carbons (Fsp3) is 0.182. The molecule has 2 aromatic rings. The largest absolute Gasteiger partial charge is 0.486 e. The highest BCUT2D eigenvalue weighted by Gasteiger charge is 2.29. The number of benzene rings is 2. The average Bonchev–Trinajstić information content (AvgIpc) is 2.96. The molecule has 5 nitrogen and oxygen atoms in total. The summed E-state index contributed by atoms with van der Waals surface area (Å²) in [5.41, 5.74) is 2.30. The predicted molar refractivity (Wildman–Crippen MR) is 100 cm³/mol. The molecule has 0 aromatic heterocycles. The molecule has 0 saturated heterocycles. The van der Waals surface area contributed by atoms with Crippen molar-refractivity contribution in [3.8, 4) is 17.2 Å². The van der Waals surface area contributed by atoms with Crippen molar-refractivity contribution in [2.75, 3.05) is 6.61 Å². The summed E-state index contributed by atoms with van der Waals surface area (Å²) in [5, 5.41) is 0. The van der Waals surface area contributed by atoms with E-state index in [1.54, 1.807) is 24.3 Å². The van der Waals surface area contributed by atoms with Crippen LogP contribution in [0.4, 0.5) is 0 Å². The number of rotatable bonds is 4. The average molecular weight is 362 g/mol. The van der Waals surface area contributed by atoms with Crippen LogP contribution in [0.25, 0.3) is 6.08 Å². The van der Waals surface area contributed by atoms with Crippen LogP contribution in [0.2, 0.25) is 0 Å². The van der Waals surface area contributed by atoms with E-state index in [0.29, 0.717) is 17.1 Å². The number of ketones is 2. The molecule has 2 aliphatic heterocycles. The first-order valence-corrected chi connectivity index (χ1v) is 8.69. The minimum atomic E-state index is -0.193. The molecule has 0 radical (unpaired) electrons. The van der Waals surface area contributed by atoms with Gasteiger partial charge in [-0.15, -0.1) is 0 Å². The van der Waals surface area contributed by atoms with Crippen molar-refractivity contribution in [3.05, 3.63) is 71.0 Å². The van der Waals surface area contributed by atoms with Crippen molar-refractivity contribution < 1.29 is 23.8 Å². The van der Waals surface area contributed by atoms with Gasteiger partial charge >= 0.3 is 0 Å². The number of Topliss-reactive ketones (excluding diaryl/α,β-unsaturated/α-hetero) is 2. The molecule has 2 aliphatic rings. The number of hydrogen-bond donors (Lipinski definition) is 0. The molecule has 0 N–H and O–H groups in total. The van der Waals surface area contributed by atoms with E-state index in [-0.39, 0.29) is 30.0 Å². The van der Waals surface area contributed by atoms with Crippen LogP contribution in [0.1, 0.15) is 29.8 Å². The van der Waals surface area contributed by atoms with Gasteiger partial charge in [-0.3, -0.25) is 9.59 Å². The predicted octanol–water partition coefficient (Wildman–Crippen LogP) is 3.98. The van der Waals surface area contributed by atoms with E-state index >= 15 is 0 Å². The number of hydrogen-bond acceptors (Lipinski definition) is 5. The van der Waals surface area contributed by atoms with E-state index in [0.717, 1.165) is 16.9 Å². The van der Waals surface area contributed by atoms with Crippen LogP contribution in [-0.4, -0.2) is 24.3 Å². The monoisotopic (exact) mass is 362 g/mol. The highest BCUT2D eigenvalue weighted by atomic mass is 16.5. The lowest BCUT2D eigenvalue weighted by Gasteiger charge is -2.22. The second-order valence-corrected chi connectivity index (χ2v) is 6.53. The topological polar surface area (TPSA) is 61.8 Å². The normalized spacial score (nSPS) is 18.9. The van der Waals surface area contributed by atoms with Gasteiger partial charge in [-0.1, -0.05) is 18.2 Å². The summed E-state index contributed by atoms with van der Waals surface area (Å²) in [5.74, 6) is 1.72. The Morgan fingerprint density at radius 2 is 2.00 bits per heavy atom. The molecule has 27 heavy (non-hydrogen) atoms. The van der Waals surface area contributed by atoms with E-state index < -0.39 is 0 Å². The molecule has 0 saturated carbocycles. The zero-order chi connectivity index (χ0) is 19.0. The quantitative estimate of drug-likeness (QED) is 0.770. The van der Waals surface area contributed by atoms with Crippen LogP contribution in [0.3, 0.4) is 0 Å². The van der Waals surface area contributed by atoms with Crippen molar-refractivity contribution in [1.29, 1.82) is 0 Å². The van der Waals surface area contributed by atoms with Crippen LogP contribution in [-0.2, 0) is 4.79 Å². The lowest BCUT2D eigenvalue weighted by molar-refractivity contribution is -0.118. The van der Waals surface area contributed by atoms with Gasteiger partial charge in [0, 0.05) is 11.6 Å². The molecule has 2 aromatic carbocycles. The van der Waals surface area contributed by atoms with Gasteiger partial charge in [0.1, 0.15) is 30.0 Å². The fourth-order valence-electron chi connectivity index (χ4n) is 3.01. The van der Waals surface area contributed by atoms with Crippen LogP contribution < -0.4 is 14.2 Å². The van der Waals surface area contributed by atoms with Gasteiger partial charge < -0.3 is 14.2 Å². The maximum Gasteiger partial charge on any atom is 0.231 e.